The van der Waals surface area contributed by atoms with Crippen molar-refractivity contribution in [1.82, 2.24) is 0 Å². The minimum absolute atomic E-state index is 0.00650. The van der Waals surface area contributed by atoms with Gasteiger partial charge in [-0.15, -0.1) is 0 Å². The fourth-order valence-electron chi connectivity index (χ4n) is 3.72. The fourth-order valence-corrected chi connectivity index (χ4v) is 3.72. The number of ether oxygens (including phenoxy) is 2. The monoisotopic (exact) mass is 460 g/mol. The van der Waals surface area contributed by atoms with Crippen LogP contribution < -0.4 is 4.74 Å². The third kappa shape index (κ3) is 5.36. The molecule has 4 atom stereocenters. The van der Waals surface area contributed by atoms with Crippen LogP contribution in [0.1, 0.15) is 23.1 Å². The Hall–Kier alpha value is -2.91. The Kier molecular flexibility index (Phi) is 6.71. The van der Waals surface area contributed by atoms with E-state index < -0.39 is 42.9 Å². The van der Waals surface area contributed by atoms with Gasteiger partial charge in [0.2, 0.25) is 6.29 Å². The lowest BCUT2D eigenvalue weighted by Crippen LogP contribution is -2.51. The predicted molar refractivity (Wildman–Crippen MR) is 117 cm³/mol. The summed E-state index contributed by atoms with van der Waals surface area (Å²) in [6, 6.07) is 16.1. The van der Waals surface area contributed by atoms with Crippen LogP contribution in [-0.4, -0.2) is 46.5 Å². The summed E-state index contributed by atoms with van der Waals surface area (Å²) < 4.78 is 50.0. The molecule has 1 saturated heterocycles. The molecule has 0 saturated carbocycles. The molecule has 3 aromatic carbocycles. The van der Waals surface area contributed by atoms with Crippen LogP contribution in [0.3, 0.4) is 0 Å². The van der Waals surface area contributed by atoms with Gasteiger partial charge in [0.25, 0.3) is 0 Å². The van der Waals surface area contributed by atoms with Gasteiger partial charge in [0.1, 0.15) is 18.0 Å². The van der Waals surface area contributed by atoms with Crippen LogP contribution in [0.4, 0.5) is 13.2 Å². The summed E-state index contributed by atoms with van der Waals surface area (Å²) in [4.78, 5) is 0. The number of aliphatic hydroxyl groups excluding tert-OH is 3. The van der Waals surface area contributed by atoms with Crippen molar-refractivity contribution < 1.29 is 38.0 Å². The van der Waals surface area contributed by atoms with E-state index >= 15 is 0 Å². The zero-order valence-electron chi connectivity index (χ0n) is 17.4. The van der Waals surface area contributed by atoms with Gasteiger partial charge >= 0.3 is 6.18 Å². The van der Waals surface area contributed by atoms with E-state index in [4.69, 9.17) is 9.47 Å². The topological polar surface area (TPSA) is 79.2 Å². The van der Waals surface area contributed by atoms with Crippen molar-refractivity contribution in [2.24, 2.45) is 0 Å². The molecule has 3 aromatic rings. The Labute approximate surface area is 188 Å². The van der Waals surface area contributed by atoms with E-state index in [9.17, 15) is 28.5 Å². The smallest absolute Gasteiger partial charge is 0.416 e. The molecule has 0 aromatic heterocycles. The first-order chi connectivity index (χ1) is 15.7. The summed E-state index contributed by atoms with van der Waals surface area (Å²) >= 11 is 0. The first-order valence-electron chi connectivity index (χ1n) is 10.4. The van der Waals surface area contributed by atoms with Crippen molar-refractivity contribution in [3.8, 4) is 5.75 Å². The third-order valence-electron chi connectivity index (χ3n) is 5.55. The molecule has 3 N–H and O–H groups in total. The van der Waals surface area contributed by atoms with E-state index in [0.29, 0.717) is 16.9 Å². The van der Waals surface area contributed by atoms with Crippen LogP contribution in [0.2, 0.25) is 0 Å². The van der Waals surface area contributed by atoms with Crippen LogP contribution in [0.15, 0.2) is 60.7 Å². The largest absolute Gasteiger partial charge is 0.464 e. The molecule has 8 heteroatoms. The van der Waals surface area contributed by atoms with E-state index in [-0.39, 0.29) is 6.42 Å². The zero-order chi connectivity index (χ0) is 23.6. The van der Waals surface area contributed by atoms with Gasteiger partial charge in [-0.2, -0.15) is 13.2 Å². The van der Waals surface area contributed by atoms with E-state index in [1.807, 2.05) is 30.3 Å². The standard InChI is InChI=1S/C25H23F3O5/c26-25(27,28)19-9-6-15(7-10-19)5-8-18-11-16-3-1-2-4-17(16)12-21(18)32-23-13-20(30)24(31)22(14-29)33-23/h1-12,20,22-24,29-31H,13-14H2/b8-5+/t20-,22-,23-,24+/m1/s1. The Balaban J connectivity index is 1.63. The SMILES string of the molecule is OC[C@H]1O[C@@H](Oc2cc3ccccc3cc2/C=C/c2ccc(C(F)(F)F)cc2)C[C@@H](O)[C@@H]1O. The molecule has 4 rings (SSSR count). The van der Waals surface area contributed by atoms with Crippen LogP contribution >= 0.6 is 0 Å². The molecule has 1 heterocycles. The molecule has 5 nitrogen and oxygen atoms in total. The van der Waals surface area contributed by atoms with Crippen LogP contribution in [0, 0.1) is 0 Å². The van der Waals surface area contributed by atoms with Gasteiger partial charge in [0.05, 0.1) is 18.3 Å². The predicted octanol–water partition coefficient (Wildman–Crippen LogP) is 4.24. The molecule has 0 amide bonds. The van der Waals surface area contributed by atoms with E-state index in [1.165, 1.54) is 12.1 Å². The highest BCUT2D eigenvalue weighted by Crippen LogP contribution is 2.32. The highest BCUT2D eigenvalue weighted by Gasteiger charge is 2.37. The first kappa shape index (κ1) is 23.3. The highest BCUT2D eigenvalue weighted by atomic mass is 19.4. The molecule has 0 bridgehead atoms. The summed E-state index contributed by atoms with van der Waals surface area (Å²) in [6.07, 6.45) is -5.21. The van der Waals surface area contributed by atoms with Crippen molar-refractivity contribution in [3.63, 3.8) is 0 Å². The molecule has 0 aliphatic carbocycles. The molecule has 0 spiro atoms. The molecule has 174 valence electrons. The Morgan fingerprint density at radius 2 is 1.64 bits per heavy atom. The Bertz CT molecular complexity index is 1130. The maximum Gasteiger partial charge on any atom is 0.416 e. The number of hydrogen-bond donors (Lipinski definition) is 3. The average molecular weight is 460 g/mol. The molecule has 0 unspecified atom stereocenters. The van der Waals surface area contributed by atoms with E-state index in [0.717, 1.165) is 22.9 Å². The number of halogens is 3. The Morgan fingerprint density at radius 3 is 2.27 bits per heavy atom. The van der Waals surface area contributed by atoms with Crippen molar-refractivity contribution in [3.05, 3.63) is 77.4 Å². The van der Waals surface area contributed by atoms with Crippen molar-refractivity contribution in [2.45, 2.75) is 37.2 Å². The van der Waals surface area contributed by atoms with E-state index in [1.54, 1.807) is 18.2 Å². The molecular weight excluding hydrogens is 437 g/mol. The summed E-state index contributed by atoms with van der Waals surface area (Å²) in [5, 5.41) is 31.2. The first-order valence-corrected chi connectivity index (χ1v) is 10.4. The number of aliphatic hydroxyl groups is 3. The lowest BCUT2D eigenvalue weighted by atomic mass is 10.0. The van der Waals surface area contributed by atoms with Crippen LogP contribution in [0.25, 0.3) is 22.9 Å². The molecule has 1 aliphatic heterocycles. The molecule has 0 radical (unpaired) electrons. The maximum atomic E-state index is 12.8. The fraction of sp³-hybridized carbons (Fsp3) is 0.280. The van der Waals surface area contributed by atoms with Crippen LogP contribution in [0.5, 0.6) is 5.75 Å². The normalized spacial score (nSPS) is 23.8. The lowest BCUT2D eigenvalue weighted by molar-refractivity contribution is -0.229. The summed E-state index contributed by atoms with van der Waals surface area (Å²) in [7, 11) is 0. The van der Waals surface area contributed by atoms with Gasteiger partial charge in [0, 0.05) is 12.0 Å². The molecule has 1 fully saturated rings. The summed E-state index contributed by atoms with van der Waals surface area (Å²) in [5.41, 5.74) is 0.510. The number of rotatable bonds is 5. The molecule has 33 heavy (non-hydrogen) atoms. The minimum atomic E-state index is -4.40. The second kappa shape index (κ2) is 9.52. The second-order valence-electron chi connectivity index (χ2n) is 7.89. The minimum Gasteiger partial charge on any atom is -0.464 e. The number of hydrogen-bond acceptors (Lipinski definition) is 5. The summed E-state index contributed by atoms with van der Waals surface area (Å²) in [5.74, 6) is 0.433. The molecule has 1 aliphatic rings. The van der Waals surface area contributed by atoms with E-state index in [2.05, 4.69) is 0 Å². The quantitative estimate of drug-likeness (QED) is 0.497. The van der Waals surface area contributed by atoms with Gasteiger partial charge in [-0.1, -0.05) is 48.6 Å². The van der Waals surface area contributed by atoms with Crippen molar-refractivity contribution in [2.75, 3.05) is 6.61 Å². The van der Waals surface area contributed by atoms with Crippen molar-refractivity contribution >= 4 is 22.9 Å². The van der Waals surface area contributed by atoms with Gasteiger partial charge in [0.15, 0.2) is 0 Å². The van der Waals surface area contributed by atoms with Crippen LogP contribution in [-0.2, 0) is 10.9 Å². The van der Waals surface area contributed by atoms with Gasteiger partial charge < -0.3 is 24.8 Å². The lowest BCUT2D eigenvalue weighted by Gasteiger charge is -2.36. The second-order valence-corrected chi connectivity index (χ2v) is 7.89. The highest BCUT2D eigenvalue weighted by molar-refractivity contribution is 5.88. The zero-order valence-corrected chi connectivity index (χ0v) is 17.4. The Morgan fingerprint density at radius 1 is 0.970 bits per heavy atom. The van der Waals surface area contributed by atoms with Gasteiger partial charge in [-0.05, 0) is 40.6 Å². The average Bonchev–Trinajstić information content (AvgIpc) is 2.79. The number of fused-ring (bicyclic) bond motifs is 1. The third-order valence-corrected chi connectivity index (χ3v) is 5.55. The van der Waals surface area contributed by atoms with Crippen molar-refractivity contribution in [1.29, 1.82) is 0 Å². The summed E-state index contributed by atoms with van der Waals surface area (Å²) in [6.45, 7) is -0.476. The molecular formula is C25H23F3O5. The van der Waals surface area contributed by atoms with Gasteiger partial charge in [-0.3, -0.25) is 0 Å². The maximum absolute atomic E-state index is 12.8. The number of alkyl halides is 3. The number of benzene rings is 3. The van der Waals surface area contributed by atoms with Gasteiger partial charge in [-0.25, -0.2) is 0 Å².